The number of hydrogen-bond acceptors (Lipinski definition) is 6. The monoisotopic (exact) mass is 403 g/mol. The Kier molecular flexibility index (Phi) is 4.13. The first-order valence-corrected chi connectivity index (χ1v) is 10.3. The fourth-order valence-electron chi connectivity index (χ4n) is 5.23. The average Bonchev–Trinajstić information content (AvgIpc) is 3.24. The number of rotatable bonds is 3. The Labute approximate surface area is 175 Å². The molecule has 6 heteroatoms. The summed E-state index contributed by atoms with van der Waals surface area (Å²) in [4.78, 5) is 28.2. The fourth-order valence-corrected chi connectivity index (χ4v) is 5.23. The molecular weight excluding hydrogens is 378 g/mol. The molecule has 0 aromatic heterocycles. The number of carbonyl (C=O) groups excluding carboxylic acids is 2. The molecule has 2 aromatic rings. The van der Waals surface area contributed by atoms with Gasteiger partial charge in [-0.25, -0.2) is 4.79 Å². The molecule has 2 heterocycles. The van der Waals surface area contributed by atoms with Gasteiger partial charge in [0.1, 0.15) is 0 Å². The van der Waals surface area contributed by atoms with E-state index < -0.39 is 5.97 Å². The molecule has 2 N–H and O–H groups in total. The van der Waals surface area contributed by atoms with Crippen molar-refractivity contribution in [3.8, 4) is 0 Å². The van der Waals surface area contributed by atoms with Gasteiger partial charge in [-0.05, 0) is 37.0 Å². The van der Waals surface area contributed by atoms with Crippen molar-refractivity contribution in [3.05, 3.63) is 65.2 Å². The van der Waals surface area contributed by atoms with Crippen LogP contribution in [0.4, 0.5) is 17.1 Å². The first-order chi connectivity index (χ1) is 14.5. The molecule has 0 bridgehead atoms. The molecule has 0 saturated heterocycles. The second kappa shape index (κ2) is 6.62. The maximum Gasteiger partial charge on any atom is 0.338 e. The Hall–Kier alpha value is -3.28. The number of anilines is 3. The third kappa shape index (κ3) is 2.63. The van der Waals surface area contributed by atoms with Gasteiger partial charge in [-0.3, -0.25) is 4.79 Å². The van der Waals surface area contributed by atoms with Crippen molar-refractivity contribution >= 4 is 28.8 Å². The van der Waals surface area contributed by atoms with Gasteiger partial charge in [0.05, 0.1) is 47.0 Å². The molecule has 5 rings (SSSR count). The molecule has 0 radical (unpaired) electrons. The lowest BCUT2D eigenvalue weighted by Gasteiger charge is -2.37. The van der Waals surface area contributed by atoms with Crippen molar-refractivity contribution < 1.29 is 14.3 Å². The minimum Gasteiger partial charge on any atom is -0.465 e. The lowest BCUT2D eigenvalue weighted by atomic mass is 9.81. The number of ketones is 1. The van der Waals surface area contributed by atoms with Crippen LogP contribution in [0.3, 0.4) is 0 Å². The summed E-state index contributed by atoms with van der Waals surface area (Å²) in [6, 6.07) is 10.1. The molecular formula is C24H25N3O3. The van der Waals surface area contributed by atoms with Gasteiger partial charge in [-0.1, -0.05) is 30.3 Å². The lowest BCUT2D eigenvalue weighted by Crippen LogP contribution is -2.45. The molecule has 154 valence electrons. The highest BCUT2D eigenvalue weighted by molar-refractivity contribution is 6.16. The van der Waals surface area contributed by atoms with Crippen LogP contribution in [0.1, 0.15) is 45.2 Å². The van der Waals surface area contributed by atoms with Gasteiger partial charge < -0.3 is 20.3 Å². The van der Waals surface area contributed by atoms with Crippen LogP contribution in [0.5, 0.6) is 0 Å². The van der Waals surface area contributed by atoms with E-state index in [4.69, 9.17) is 4.74 Å². The van der Waals surface area contributed by atoms with Crippen molar-refractivity contribution in [1.29, 1.82) is 0 Å². The highest BCUT2D eigenvalue weighted by Gasteiger charge is 2.46. The molecule has 2 aliphatic heterocycles. The van der Waals surface area contributed by atoms with Crippen LogP contribution in [0.15, 0.2) is 43.0 Å². The van der Waals surface area contributed by atoms with Crippen LogP contribution in [0, 0.1) is 0 Å². The van der Waals surface area contributed by atoms with E-state index in [0.717, 1.165) is 29.9 Å². The molecule has 1 atom stereocenters. The van der Waals surface area contributed by atoms with Gasteiger partial charge in [-0.2, -0.15) is 0 Å². The van der Waals surface area contributed by atoms with Crippen molar-refractivity contribution in [3.63, 3.8) is 0 Å². The highest BCUT2D eigenvalue weighted by atomic mass is 16.5. The minimum atomic E-state index is -0.493. The number of fused-ring (bicyclic) bond motifs is 4. The maximum absolute atomic E-state index is 13.4. The molecule has 0 fully saturated rings. The largest absolute Gasteiger partial charge is 0.465 e. The van der Waals surface area contributed by atoms with Gasteiger partial charge in [0, 0.05) is 13.0 Å². The van der Waals surface area contributed by atoms with E-state index >= 15 is 0 Å². The van der Waals surface area contributed by atoms with Crippen LogP contribution < -0.4 is 15.5 Å². The number of methoxy groups -OCH3 is 1. The summed E-state index contributed by atoms with van der Waals surface area (Å²) in [6.45, 7) is 6.54. The highest BCUT2D eigenvalue weighted by Crippen LogP contribution is 2.50. The number of esters is 1. The number of ether oxygens (including phenoxy) is 1. The predicted octanol–water partition coefficient (Wildman–Crippen LogP) is 3.77. The molecule has 0 amide bonds. The standard InChI is InChI=1S/C24H25N3O3/c1-4-9-27-14(2)25-21-18(27)10-17(23(29)30-3)20-19(28)13-24(26-22(20)21)11-15-7-5-6-8-16(15)12-24/h4-8,10,14,25-26H,1,9,11-13H2,2-3H3. The number of benzene rings is 2. The molecule has 6 nitrogen and oxygen atoms in total. The number of carbonyl (C=O) groups is 2. The van der Waals surface area contributed by atoms with Crippen LogP contribution in [0.2, 0.25) is 0 Å². The Balaban J connectivity index is 1.67. The van der Waals surface area contributed by atoms with E-state index in [2.05, 4.69) is 41.2 Å². The number of hydrogen-bond donors (Lipinski definition) is 2. The molecule has 1 aliphatic carbocycles. The zero-order chi connectivity index (χ0) is 21.0. The molecule has 2 aromatic carbocycles. The van der Waals surface area contributed by atoms with E-state index in [0.29, 0.717) is 24.1 Å². The summed E-state index contributed by atoms with van der Waals surface area (Å²) in [6.07, 6.45) is 3.78. The van der Waals surface area contributed by atoms with Gasteiger partial charge in [0.2, 0.25) is 0 Å². The number of Topliss-reactive ketones (excluding diaryl/α,β-unsaturated/α-hetero) is 1. The zero-order valence-corrected chi connectivity index (χ0v) is 17.2. The van der Waals surface area contributed by atoms with E-state index in [9.17, 15) is 9.59 Å². The molecule has 0 saturated carbocycles. The first kappa shape index (κ1) is 18.7. The van der Waals surface area contributed by atoms with E-state index in [1.54, 1.807) is 6.07 Å². The topological polar surface area (TPSA) is 70.7 Å². The zero-order valence-electron chi connectivity index (χ0n) is 17.2. The van der Waals surface area contributed by atoms with Gasteiger partial charge in [0.25, 0.3) is 0 Å². The normalized spacial score (nSPS) is 20.1. The Morgan fingerprint density at radius 2 is 1.97 bits per heavy atom. The smallest absolute Gasteiger partial charge is 0.338 e. The minimum absolute atomic E-state index is 0.0172. The van der Waals surface area contributed by atoms with Crippen LogP contribution in [-0.2, 0) is 17.6 Å². The number of nitrogens with zero attached hydrogens (tertiary/aromatic N) is 1. The average molecular weight is 403 g/mol. The predicted molar refractivity (Wildman–Crippen MR) is 118 cm³/mol. The summed E-state index contributed by atoms with van der Waals surface area (Å²) in [5.74, 6) is -0.510. The Morgan fingerprint density at radius 1 is 1.27 bits per heavy atom. The quantitative estimate of drug-likeness (QED) is 0.601. The summed E-state index contributed by atoms with van der Waals surface area (Å²) in [7, 11) is 1.35. The van der Waals surface area contributed by atoms with E-state index in [-0.39, 0.29) is 17.5 Å². The third-order valence-corrected chi connectivity index (χ3v) is 6.51. The third-order valence-electron chi connectivity index (χ3n) is 6.51. The molecule has 3 aliphatic rings. The second-order valence-electron chi connectivity index (χ2n) is 8.45. The Morgan fingerprint density at radius 3 is 2.60 bits per heavy atom. The Bertz CT molecular complexity index is 1070. The molecule has 1 spiro atoms. The number of nitrogens with one attached hydrogen (secondary N) is 2. The van der Waals surface area contributed by atoms with Crippen LogP contribution in [0.25, 0.3) is 0 Å². The second-order valence-corrected chi connectivity index (χ2v) is 8.45. The molecule has 1 unspecified atom stereocenters. The molecule has 30 heavy (non-hydrogen) atoms. The van der Waals surface area contributed by atoms with Gasteiger partial charge in [0.15, 0.2) is 5.78 Å². The van der Waals surface area contributed by atoms with Crippen molar-refractivity contribution in [2.45, 2.75) is 37.9 Å². The van der Waals surface area contributed by atoms with Crippen molar-refractivity contribution in [2.24, 2.45) is 0 Å². The SMILES string of the molecule is C=CCN1c2cc(C(=O)OC)c3c(c2NC1C)NC1(CC3=O)Cc2ccccc2C1. The van der Waals surface area contributed by atoms with Crippen molar-refractivity contribution in [1.82, 2.24) is 0 Å². The maximum atomic E-state index is 13.4. The summed E-state index contributed by atoms with van der Waals surface area (Å²) < 4.78 is 5.02. The van der Waals surface area contributed by atoms with E-state index in [1.165, 1.54) is 18.2 Å². The fraction of sp³-hybridized carbons (Fsp3) is 0.333. The van der Waals surface area contributed by atoms with Gasteiger partial charge in [-0.15, -0.1) is 6.58 Å². The van der Waals surface area contributed by atoms with Gasteiger partial charge >= 0.3 is 5.97 Å². The summed E-state index contributed by atoms with van der Waals surface area (Å²) in [5.41, 5.74) is 5.40. The van der Waals surface area contributed by atoms with Crippen molar-refractivity contribution in [2.75, 3.05) is 29.2 Å². The van der Waals surface area contributed by atoms with E-state index in [1.807, 2.05) is 18.2 Å². The van der Waals surface area contributed by atoms with Crippen LogP contribution in [-0.4, -0.2) is 37.1 Å². The summed E-state index contributed by atoms with van der Waals surface area (Å²) in [5, 5.41) is 7.21. The first-order valence-electron chi connectivity index (χ1n) is 10.3. The van der Waals surface area contributed by atoms with Crippen LogP contribution >= 0.6 is 0 Å². The summed E-state index contributed by atoms with van der Waals surface area (Å²) >= 11 is 0. The lowest BCUT2D eigenvalue weighted by molar-refractivity contribution is 0.0596.